The second kappa shape index (κ2) is 5.86. The Hall–Kier alpha value is -1.85. The van der Waals surface area contributed by atoms with E-state index in [1.165, 1.54) is 0 Å². The lowest BCUT2D eigenvalue weighted by Gasteiger charge is -2.17. The molecule has 1 aromatic heterocycles. The van der Waals surface area contributed by atoms with E-state index in [1.807, 2.05) is 24.6 Å². The highest BCUT2D eigenvalue weighted by Gasteiger charge is 2.33. The number of rotatable bonds is 5. The third kappa shape index (κ3) is 3.33. The van der Waals surface area contributed by atoms with E-state index in [1.54, 1.807) is 17.4 Å². The molecule has 2 heterocycles. The molecule has 1 saturated heterocycles. The zero-order chi connectivity index (χ0) is 13.8. The summed E-state index contributed by atoms with van der Waals surface area (Å²) in [5.41, 5.74) is 0. The van der Waals surface area contributed by atoms with Gasteiger partial charge in [-0.05, 0) is 13.8 Å². The van der Waals surface area contributed by atoms with Crippen LogP contribution in [0.5, 0.6) is 0 Å². The second-order valence-electron chi connectivity index (χ2n) is 5.00. The van der Waals surface area contributed by atoms with Gasteiger partial charge in [0.25, 0.3) is 0 Å². The summed E-state index contributed by atoms with van der Waals surface area (Å²) in [6.07, 6.45) is 5.63. The smallest absolute Gasteiger partial charge is 0.225 e. The van der Waals surface area contributed by atoms with E-state index in [4.69, 9.17) is 0 Å². The molecule has 6 nitrogen and oxygen atoms in total. The average Bonchev–Trinajstić information content (AvgIpc) is 2.98. The van der Waals surface area contributed by atoms with E-state index in [9.17, 15) is 9.59 Å². The topological polar surface area (TPSA) is 67.2 Å². The predicted molar refractivity (Wildman–Crippen MR) is 70.2 cm³/mol. The number of nitrogens with zero attached hydrogens (tertiary/aromatic N) is 3. The van der Waals surface area contributed by atoms with E-state index in [2.05, 4.69) is 10.3 Å². The molecule has 0 saturated carbocycles. The molecule has 0 radical (unpaired) electrons. The molecule has 2 rings (SSSR count). The van der Waals surface area contributed by atoms with Crippen molar-refractivity contribution in [2.75, 3.05) is 13.1 Å². The first kappa shape index (κ1) is 13.6. The van der Waals surface area contributed by atoms with Gasteiger partial charge in [0.1, 0.15) is 0 Å². The van der Waals surface area contributed by atoms with E-state index in [-0.39, 0.29) is 23.8 Å². The lowest BCUT2D eigenvalue weighted by Crippen LogP contribution is -2.40. The van der Waals surface area contributed by atoms with Crippen molar-refractivity contribution in [3.8, 4) is 0 Å². The molecule has 2 amide bonds. The van der Waals surface area contributed by atoms with Crippen molar-refractivity contribution in [3.63, 3.8) is 0 Å². The molecule has 19 heavy (non-hydrogen) atoms. The molecule has 0 aromatic carbocycles. The maximum absolute atomic E-state index is 12.1. The van der Waals surface area contributed by atoms with Crippen LogP contribution >= 0.6 is 0 Å². The van der Waals surface area contributed by atoms with E-state index >= 15 is 0 Å². The van der Waals surface area contributed by atoms with Crippen LogP contribution < -0.4 is 5.32 Å². The summed E-state index contributed by atoms with van der Waals surface area (Å²) in [5.74, 6) is -0.167. The van der Waals surface area contributed by atoms with Gasteiger partial charge in [-0.25, -0.2) is 4.98 Å². The first-order valence-electron chi connectivity index (χ1n) is 6.64. The number of carbonyl (C=O) groups excluding carboxylic acids is 2. The standard InChI is InChI=1S/C13H20N4O2/c1-3-17-8-11(6-12(17)18)13(19)15-10(2)7-16-5-4-14-9-16/h4-5,9-11H,3,6-8H2,1-2H3,(H,15,19)/t10-,11-/m0/s1. The Morgan fingerprint density at radius 3 is 3.00 bits per heavy atom. The number of hydrogen-bond acceptors (Lipinski definition) is 3. The number of hydrogen-bond donors (Lipinski definition) is 1. The Morgan fingerprint density at radius 1 is 1.63 bits per heavy atom. The molecule has 1 aliphatic heterocycles. The van der Waals surface area contributed by atoms with Crippen molar-refractivity contribution < 1.29 is 9.59 Å². The highest BCUT2D eigenvalue weighted by molar-refractivity contribution is 5.89. The van der Waals surface area contributed by atoms with Crippen LogP contribution in [0.3, 0.4) is 0 Å². The van der Waals surface area contributed by atoms with E-state index in [0.717, 1.165) is 0 Å². The summed E-state index contributed by atoms with van der Waals surface area (Å²) in [5, 5.41) is 2.96. The lowest BCUT2D eigenvalue weighted by atomic mass is 10.1. The van der Waals surface area contributed by atoms with Crippen molar-refractivity contribution in [2.45, 2.75) is 32.9 Å². The molecule has 0 bridgehead atoms. The molecule has 1 aliphatic rings. The average molecular weight is 264 g/mol. The van der Waals surface area contributed by atoms with Gasteiger partial charge in [0.05, 0.1) is 12.2 Å². The number of aromatic nitrogens is 2. The third-order valence-corrected chi connectivity index (χ3v) is 3.40. The highest BCUT2D eigenvalue weighted by atomic mass is 16.2. The van der Waals surface area contributed by atoms with Crippen molar-refractivity contribution in [1.29, 1.82) is 0 Å². The van der Waals surface area contributed by atoms with Crippen LogP contribution in [-0.2, 0) is 16.1 Å². The van der Waals surface area contributed by atoms with Crippen LogP contribution in [-0.4, -0.2) is 45.4 Å². The molecule has 6 heteroatoms. The zero-order valence-corrected chi connectivity index (χ0v) is 11.4. The molecule has 1 aromatic rings. The fraction of sp³-hybridized carbons (Fsp3) is 0.615. The minimum atomic E-state index is -0.210. The van der Waals surface area contributed by atoms with Gasteiger partial charge in [-0.15, -0.1) is 0 Å². The van der Waals surface area contributed by atoms with Gasteiger partial charge < -0.3 is 14.8 Å². The lowest BCUT2D eigenvalue weighted by molar-refractivity contribution is -0.129. The van der Waals surface area contributed by atoms with Gasteiger partial charge in [0.15, 0.2) is 0 Å². The normalized spacial score (nSPS) is 20.6. The Bertz CT molecular complexity index is 444. The van der Waals surface area contributed by atoms with Crippen LogP contribution in [0.25, 0.3) is 0 Å². The first-order valence-corrected chi connectivity index (χ1v) is 6.64. The van der Waals surface area contributed by atoms with Crippen LogP contribution in [0.2, 0.25) is 0 Å². The van der Waals surface area contributed by atoms with Crippen molar-refractivity contribution >= 4 is 11.8 Å². The minimum absolute atomic E-state index is 0.0208. The Balaban J connectivity index is 1.82. The summed E-state index contributed by atoms with van der Waals surface area (Å²) in [6, 6.07) is 0.0208. The van der Waals surface area contributed by atoms with E-state index < -0.39 is 0 Å². The molecule has 0 unspecified atom stereocenters. The SMILES string of the molecule is CCN1C[C@@H](C(=O)N[C@@H](C)Cn2ccnc2)CC1=O. The quantitative estimate of drug-likeness (QED) is 0.829. The predicted octanol–water partition coefficient (Wildman–Crippen LogP) is 0.256. The highest BCUT2D eigenvalue weighted by Crippen LogP contribution is 2.17. The fourth-order valence-electron chi connectivity index (χ4n) is 2.37. The van der Waals surface area contributed by atoms with Gasteiger partial charge in [-0.2, -0.15) is 0 Å². The summed E-state index contributed by atoms with van der Waals surface area (Å²) >= 11 is 0. The maximum Gasteiger partial charge on any atom is 0.225 e. The van der Waals surface area contributed by atoms with Gasteiger partial charge in [-0.1, -0.05) is 0 Å². The summed E-state index contributed by atoms with van der Waals surface area (Å²) in [6.45, 7) is 5.78. The van der Waals surface area contributed by atoms with Gasteiger partial charge in [0, 0.05) is 44.5 Å². The summed E-state index contributed by atoms with van der Waals surface area (Å²) < 4.78 is 1.92. The number of amides is 2. The largest absolute Gasteiger partial charge is 0.352 e. The van der Waals surface area contributed by atoms with Crippen LogP contribution in [0.15, 0.2) is 18.7 Å². The number of imidazole rings is 1. The van der Waals surface area contributed by atoms with Crippen LogP contribution in [0.4, 0.5) is 0 Å². The zero-order valence-electron chi connectivity index (χ0n) is 11.4. The second-order valence-corrected chi connectivity index (χ2v) is 5.00. The summed E-state index contributed by atoms with van der Waals surface area (Å²) in [4.78, 5) is 29.4. The molecular weight excluding hydrogens is 244 g/mol. The Labute approximate surface area is 112 Å². The maximum atomic E-state index is 12.1. The van der Waals surface area contributed by atoms with E-state index in [0.29, 0.717) is 26.1 Å². The number of nitrogens with one attached hydrogen (secondary N) is 1. The van der Waals surface area contributed by atoms with Crippen LogP contribution in [0, 0.1) is 5.92 Å². The summed E-state index contributed by atoms with van der Waals surface area (Å²) in [7, 11) is 0. The fourth-order valence-corrected chi connectivity index (χ4v) is 2.37. The molecule has 0 spiro atoms. The third-order valence-electron chi connectivity index (χ3n) is 3.40. The van der Waals surface area contributed by atoms with Gasteiger partial charge in [-0.3, -0.25) is 9.59 Å². The van der Waals surface area contributed by atoms with Crippen molar-refractivity contribution in [1.82, 2.24) is 19.8 Å². The van der Waals surface area contributed by atoms with Gasteiger partial charge in [0.2, 0.25) is 11.8 Å². The van der Waals surface area contributed by atoms with Gasteiger partial charge >= 0.3 is 0 Å². The molecule has 2 atom stereocenters. The number of carbonyl (C=O) groups is 2. The Kier molecular flexibility index (Phi) is 4.19. The first-order chi connectivity index (χ1) is 9.10. The molecule has 104 valence electrons. The van der Waals surface area contributed by atoms with Crippen LogP contribution in [0.1, 0.15) is 20.3 Å². The van der Waals surface area contributed by atoms with Crippen molar-refractivity contribution in [3.05, 3.63) is 18.7 Å². The molecule has 1 fully saturated rings. The van der Waals surface area contributed by atoms with Crippen molar-refractivity contribution in [2.24, 2.45) is 5.92 Å². The molecular formula is C13H20N4O2. The molecule has 1 N–H and O–H groups in total. The molecule has 0 aliphatic carbocycles. The number of likely N-dealkylation sites (tertiary alicyclic amines) is 1. The monoisotopic (exact) mass is 264 g/mol. The Morgan fingerprint density at radius 2 is 2.42 bits per heavy atom. The minimum Gasteiger partial charge on any atom is -0.352 e.